The lowest BCUT2D eigenvalue weighted by Gasteiger charge is -2.07. The van der Waals surface area contributed by atoms with Crippen LogP contribution in [0.3, 0.4) is 0 Å². The van der Waals surface area contributed by atoms with Gasteiger partial charge in [0.15, 0.2) is 5.78 Å². The van der Waals surface area contributed by atoms with E-state index in [4.69, 9.17) is 9.47 Å². The van der Waals surface area contributed by atoms with Crippen molar-refractivity contribution < 1.29 is 14.3 Å². The summed E-state index contributed by atoms with van der Waals surface area (Å²) in [5, 5.41) is 0. The van der Waals surface area contributed by atoms with E-state index in [1.54, 1.807) is 37.6 Å². The summed E-state index contributed by atoms with van der Waals surface area (Å²) in [6.07, 6.45) is 4.73. The van der Waals surface area contributed by atoms with Crippen LogP contribution >= 0.6 is 0 Å². The van der Waals surface area contributed by atoms with Crippen molar-refractivity contribution in [2.45, 2.75) is 0 Å². The average molecular weight is 320 g/mol. The van der Waals surface area contributed by atoms with E-state index in [0.29, 0.717) is 22.8 Å². The molecule has 1 heterocycles. The molecule has 0 radical (unpaired) electrons. The molecule has 0 saturated heterocycles. The second-order valence-corrected chi connectivity index (χ2v) is 5.05. The predicted octanol–water partition coefficient (Wildman–Crippen LogP) is 3.54. The molecular weight excluding hydrogens is 304 g/mol. The van der Waals surface area contributed by atoms with Crippen molar-refractivity contribution in [3.63, 3.8) is 0 Å². The topological polar surface area (TPSA) is 61.3 Å². The number of methoxy groups -OCH3 is 2. The van der Waals surface area contributed by atoms with E-state index in [9.17, 15) is 4.79 Å². The monoisotopic (exact) mass is 320 g/mol. The van der Waals surface area contributed by atoms with E-state index >= 15 is 0 Å². The number of carbonyl (C=O) groups excluding carboxylic acids is 1. The lowest BCUT2D eigenvalue weighted by molar-refractivity contribution is 0.104. The second kappa shape index (κ2) is 6.91. The molecular formula is C19H16N2O3. The number of allylic oxidation sites excluding steroid dienone is 1. The molecule has 5 nitrogen and oxygen atoms in total. The molecule has 0 N–H and O–H groups in total. The van der Waals surface area contributed by atoms with Crippen molar-refractivity contribution in [3.05, 3.63) is 66.0 Å². The molecule has 3 aromatic rings. The van der Waals surface area contributed by atoms with Crippen LogP contribution in [-0.2, 0) is 0 Å². The zero-order valence-electron chi connectivity index (χ0n) is 13.4. The van der Waals surface area contributed by atoms with Gasteiger partial charge in [0.05, 0.1) is 42.7 Å². The number of aromatic nitrogens is 2. The van der Waals surface area contributed by atoms with Gasteiger partial charge >= 0.3 is 0 Å². The molecule has 24 heavy (non-hydrogen) atoms. The molecule has 1 aromatic heterocycles. The summed E-state index contributed by atoms with van der Waals surface area (Å²) < 4.78 is 10.4. The summed E-state index contributed by atoms with van der Waals surface area (Å²) in [6.45, 7) is 0. The molecule has 0 amide bonds. The Labute approximate surface area is 139 Å². The minimum Gasteiger partial charge on any atom is -0.497 e. The number of benzene rings is 2. The quantitative estimate of drug-likeness (QED) is 0.531. The van der Waals surface area contributed by atoms with E-state index < -0.39 is 0 Å². The van der Waals surface area contributed by atoms with Gasteiger partial charge < -0.3 is 9.47 Å². The number of ketones is 1. The van der Waals surface area contributed by atoms with Crippen molar-refractivity contribution in [2.24, 2.45) is 0 Å². The fraction of sp³-hybridized carbons (Fsp3) is 0.105. The molecule has 0 spiro atoms. The van der Waals surface area contributed by atoms with E-state index in [1.165, 1.54) is 13.2 Å². The molecule has 120 valence electrons. The van der Waals surface area contributed by atoms with Crippen molar-refractivity contribution in [2.75, 3.05) is 14.2 Å². The van der Waals surface area contributed by atoms with Gasteiger partial charge in [0.2, 0.25) is 0 Å². The van der Waals surface area contributed by atoms with Gasteiger partial charge in [-0.3, -0.25) is 9.78 Å². The van der Waals surface area contributed by atoms with Crippen LogP contribution in [0.15, 0.2) is 54.7 Å². The normalized spacial score (nSPS) is 10.9. The maximum atomic E-state index is 12.5. The highest BCUT2D eigenvalue weighted by atomic mass is 16.5. The van der Waals surface area contributed by atoms with Crippen LogP contribution in [0, 0.1) is 0 Å². The van der Waals surface area contributed by atoms with Crippen LogP contribution < -0.4 is 9.47 Å². The Hall–Kier alpha value is -3.21. The van der Waals surface area contributed by atoms with Crippen LogP contribution in [0.1, 0.15) is 16.1 Å². The van der Waals surface area contributed by atoms with Crippen LogP contribution in [0.25, 0.3) is 17.1 Å². The van der Waals surface area contributed by atoms with Crippen molar-refractivity contribution in [1.29, 1.82) is 0 Å². The lowest BCUT2D eigenvalue weighted by Crippen LogP contribution is -2.00. The standard InChI is InChI=1S/C19H16N2O3/c1-23-14-8-10-19(24-2)15(11-14)18(22)9-7-13-12-20-16-5-3-4-6-17(16)21-13/h3-12H,1-2H3/b9-7+. The van der Waals surface area contributed by atoms with E-state index in [1.807, 2.05) is 24.3 Å². The molecule has 0 atom stereocenters. The van der Waals surface area contributed by atoms with Crippen molar-refractivity contribution in [1.82, 2.24) is 9.97 Å². The number of ether oxygens (including phenoxy) is 2. The Kier molecular flexibility index (Phi) is 4.52. The van der Waals surface area contributed by atoms with Crippen LogP contribution in [0.4, 0.5) is 0 Å². The maximum Gasteiger partial charge on any atom is 0.189 e. The molecule has 3 rings (SSSR count). The molecule has 0 unspecified atom stereocenters. The first-order chi connectivity index (χ1) is 11.7. The summed E-state index contributed by atoms with van der Waals surface area (Å²) in [5.41, 5.74) is 2.65. The van der Waals surface area contributed by atoms with Gasteiger partial charge in [-0.1, -0.05) is 12.1 Å². The smallest absolute Gasteiger partial charge is 0.189 e. The van der Waals surface area contributed by atoms with Crippen molar-refractivity contribution in [3.8, 4) is 11.5 Å². The highest BCUT2D eigenvalue weighted by molar-refractivity contribution is 6.08. The number of hydrogen-bond acceptors (Lipinski definition) is 5. The van der Waals surface area contributed by atoms with Gasteiger partial charge in [0.1, 0.15) is 11.5 Å². The fourth-order valence-electron chi connectivity index (χ4n) is 2.31. The van der Waals surface area contributed by atoms with E-state index in [-0.39, 0.29) is 5.78 Å². The van der Waals surface area contributed by atoms with Gasteiger partial charge in [-0.2, -0.15) is 0 Å². The predicted molar refractivity (Wildman–Crippen MR) is 92.4 cm³/mol. The first-order valence-corrected chi connectivity index (χ1v) is 7.37. The molecule has 0 bridgehead atoms. The molecule has 0 saturated carbocycles. The molecule has 0 aliphatic rings. The van der Waals surface area contributed by atoms with Gasteiger partial charge in [-0.05, 0) is 42.5 Å². The largest absolute Gasteiger partial charge is 0.497 e. The molecule has 0 aliphatic carbocycles. The number of hydrogen-bond donors (Lipinski definition) is 0. The Bertz CT molecular complexity index is 919. The summed E-state index contributed by atoms with van der Waals surface area (Å²) in [7, 11) is 3.08. The van der Waals surface area contributed by atoms with Crippen LogP contribution in [0.5, 0.6) is 11.5 Å². The Morgan fingerprint density at radius 2 is 1.83 bits per heavy atom. The molecule has 5 heteroatoms. The van der Waals surface area contributed by atoms with E-state index in [0.717, 1.165) is 11.0 Å². The summed E-state index contributed by atoms with van der Waals surface area (Å²) in [4.78, 5) is 21.2. The minimum absolute atomic E-state index is 0.194. The summed E-state index contributed by atoms with van der Waals surface area (Å²) >= 11 is 0. The van der Waals surface area contributed by atoms with Gasteiger partial charge in [0.25, 0.3) is 0 Å². The number of fused-ring (bicyclic) bond motifs is 1. The van der Waals surface area contributed by atoms with Crippen molar-refractivity contribution >= 4 is 22.9 Å². The summed E-state index contributed by atoms with van der Waals surface area (Å²) in [6, 6.07) is 12.7. The molecule has 0 fully saturated rings. The number of para-hydroxylation sites is 2. The first-order valence-electron chi connectivity index (χ1n) is 7.37. The van der Waals surface area contributed by atoms with E-state index in [2.05, 4.69) is 9.97 Å². The first kappa shape index (κ1) is 15.7. The molecule has 0 aliphatic heterocycles. The number of nitrogens with zero attached hydrogens (tertiary/aromatic N) is 2. The number of carbonyl (C=O) groups is 1. The van der Waals surface area contributed by atoms with Crippen LogP contribution in [0.2, 0.25) is 0 Å². The third-order valence-electron chi connectivity index (χ3n) is 3.54. The van der Waals surface area contributed by atoms with Gasteiger partial charge in [-0.25, -0.2) is 4.98 Å². The fourth-order valence-corrected chi connectivity index (χ4v) is 2.31. The third kappa shape index (κ3) is 3.25. The Morgan fingerprint density at radius 3 is 2.58 bits per heavy atom. The van der Waals surface area contributed by atoms with Crippen LogP contribution in [-0.4, -0.2) is 30.0 Å². The zero-order chi connectivity index (χ0) is 16.9. The molecule has 2 aromatic carbocycles. The Balaban J connectivity index is 1.89. The Morgan fingerprint density at radius 1 is 1.04 bits per heavy atom. The average Bonchev–Trinajstić information content (AvgIpc) is 2.65. The second-order valence-electron chi connectivity index (χ2n) is 5.05. The van der Waals surface area contributed by atoms with Gasteiger partial charge in [-0.15, -0.1) is 0 Å². The highest BCUT2D eigenvalue weighted by Crippen LogP contribution is 2.24. The van der Waals surface area contributed by atoms with Gasteiger partial charge in [0, 0.05) is 0 Å². The number of rotatable bonds is 5. The maximum absolute atomic E-state index is 12.5. The minimum atomic E-state index is -0.194. The summed E-state index contributed by atoms with van der Waals surface area (Å²) in [5.74, 6) is 0.897. The third-order valence-corrected chi connectivity index (χ3v) is 3.54. The highest BCUT2D eigenvalue weighted by Gasteiger charge is 2.11. The zero-order valence-corrected chi connectivity index (χ0v) is 13.4. The lowest BCUT2D eigenvalue weighted by atomic mass is 10.1. The SMILES string of the molecule is COc1ccc(OC)c(C(=O)/C=C/c2cnc3ccccc3n2)c1.